The SMILES string of the molecule is Cn1cc(CCC(=O)NCc2nc3ccc(Cl)cc3[nH]2)cn1. The number of imidazole rings is 1. The van der Waals surface area contributed by atoms with Crippen LogP contribution >= 0.6 is 11.6 Å². The fourth-order valence-corrected chi connectivity index (χ4v) is 2.42. The van der Waals surface area contributed by atoms with Crippen LogP contribution in [-0.4, -0.2) is 25.7 Å². The quantitative estimate of drug-likeness (QED) is 0.757. The van der Waals surface area contributed by atoms with Gasteiger partial charge in [-0.05, 0) is 30.2 Å². The fraction of sp³-hybridized carbons (Fsp3) is 0.267. The molecule has 3 rings (SSSR count). The fourth-order valence-electron chi connectivity index (χ4n) is 2.25. The second-order valence-electron chi connectivity index (χ2n) is 5.14. The zero-order valence-corrected chi connectivity index (χ0v) is 12.9. The number of fused-ring (bicyclic) bond motifs is 1. The van der Waals surface area contributed by atoms with Crippen LogP contribution in [0, 0.1) is 0 Å². The van der Waals surface area contributed by atoms with Gasteiger partial charge in [0.25, 0.3) is 0 Å². The third-order valence-electron chi connectivity index (χ3n) is 3.35. The smallest absolute Gasteiger partial charge is 0.220 e. The van der Waals surface area contributed by atoms with Crippen LogP contribution < -0.4 is 5.32 Å². The summed E-state index contributed by atoms with van der Waals surface area (Å²) in [6, 6.07) is 5.46. The molecule has 2 aromatic heterocycles. The predicted octanol–water partition coefficient (Wildman–Crippen LogP) is 2.20. The highest BCUT2D eigenvalue weighted by Crippen LogP contribution is 2.17. The van der Waals surface area contributed by atoms with Crippen molar-refractivity contribution in [3.63, 3.8) is 0 Å². The molecule has 0 bridgehead atoms. The summed E-state index contributed by atoms with van der Waals surface area (Å²) in [6.07, 6.45) is 4.79. The van der Waals surface area contributed by atoms with Gasteiger partial charge in [0.2, 0.25) is 5.91 Å². The van der Waals surface area contributed by atoms with Gasteiger partial charge in [-0.2, -0.15) is 5.10 Å². The van der Waals surface area contributed by atoms with Gasteiger partial charge in [0.15, 0.2) is 0 Å². The van der Waals surface area contributed by atoms with E-state index in [1.54, 1.807) is 16.9 Å². The Kier molecular flexibility index (Phi) is 4.11. The Hall–Kier alpha value is -2.34. The molecule has 2 N–H and O–H groups in total. The van der Waals surface area contributed by atoms with Crippen molar-refractivity contribution in [1.29, 1.82) is 0 Å². The molecule has 7 heteroatoms. The number of hydrogen-bond donors (Lipinski definition) is 2. The van der Waals surface area contributed by atoms with Crippen molar-refractivity contribution in [3.05, 3.63) is 47.0 Å². The van der Waals surface area contributed by atoms with E-state index in [4.69, 9.17) is 11.6 Å². The summed E-state index contributed by atoms with van der Waals surface area (Å²) >= 11 is 5.93. The van der Waals surface area contributed by atoms with Gasteiger partial charge in [-0.1, -0.05) is 11.6 Å². The van der Waals surface area contributed by atoms with Gasteiger partial charge >= 0.3 is 0 Å². The van der Waals surface area contributed by atoms with E-state index in [9.17, 15) is 4.79 Å². The third-order valence-corrected chi connectivity index (χ3v) is 3.58. The summed E-state index contributed by atoms with van der Waals surface area (Å²) in [4.78, 5) is 19.4. The lowest BCUT2D eigenvalue weighted by Crippen LogP contribution is -2.23. The molecule has 114 valence electrons. The molecule has 0 saturated carbocycles. The number of nitrogens with one attached hydrogen (secondary N) is 2. The number of H-pyrrole nitrogens is 1. The Bertz CT molecular complexity index is 807. The summed E-state index contributed by atoms with van der Waals surface area (Å²) in [5.74, 6) is 0.703. The van der Waals surface area contributed by atoms with Gasteiger partial charge < -0.3 is 10.3 Å². The average Bonchev–Trinajstić information content (AvgIpc) is 3.08. The zero-order valence-electron chi connectivity index (χ0n) is 12.1. The molecule has 0 unspecified atom stereocenters. The number of halogens is 1. The summed E-state index contributed by atoms with van der Waals surface area (Å²) in [5, 5.41) is 7.59. The van der Waals surface area contributed by atoms with E-state index >= 15 is 0 Å². The first-order chi connectivity index (χ1) is 10.6. The maximum absolute atomic E-state index is 11.9. The molecular weight excluding hydrogens is 302 g/mol. The van der Waals surface area contributed by atoms with Crippen molar-refractivity contribution in [2.75, 3.05) is 0 Å². The van der Waals surface area contributed by atoms with Crippen LogP contribution in [0.5, 0.6) is 0 Å². The van der Waals surface area contributed by atoms with E-state index in [1.165, 1.54) is 0 Å². The Labute approximate surface area is 132 Å². The number of amides is 1. The summed E-state index contributed by atoms with van der Waals surface area (Å²) in [6.45, 7) is 0.373. The van der Waals surface area contributed by atoms with Crippen LogP contribution in [0.15, 0.2) is 30.6 Å². The molecule has 0 aliphatic carbocycles. The highest BCUT2D eigenvalue weighted by Gasteiger charge is 2.07. The normalized spacial score (nSPS) is 11.0. The topological polar surface area (TPSA) is 75.6 Å². The molecule has 6 nitrogen and oxygen atoms in total. The Balaban J connectivity index is 1.53. The molecule has 2 heterocycles. The Morgan fingerprint density at radius 3 is 3.09 bits per heavy atom. The van der Waals surface area contributed by atoms with Crippen LogP contribution in [0.2, 0.25) is 5.02 Å². The summed E-state index contributed by atoms with van der Waals surface area (Å²) < 4.78 is 1.73. The van der Waals surface area contributed by atoms with Gasteiger partial charge in [-0.25, -0.2) is 4.98 Å². The molecular formula is C15H16ClN5O. The first kappa shape index (κ1) is 14.6. The number of hydrogen-bond acceptors (Lipinski definition) is 3. The van der Waals surface area contributed by atoms with Gasteiger partial charge in [0.05, 0.1) is 23.8 Å². The molecule has 0 fully saturated rings. The van der Waals surface area contributed by atoms with Crippen molar-refractivity contribution < 1.29 is 4.79 Å². The third kappa shape index (κ3) is 3.46. The predicted molar refractivity (Wildman–Crippen MR) is 84.5 cm³/mol. The minimum atomic E-state index is -0.0117. The minimum absolute atomic E-state index is 0.0117. The number of aromatic nitrogens is 4. The first-order valence-corrected chi connectivity index (χ1v) is 7.36. The van der Waals surface area contributed by atoms with Crippen molar-refractivity contribution in [3.8, 4) is 0 Å². The molecule has 0 saturated heterocycles. The van der Waals surface area contributed by atoms with Gasteiger partial charge in [-0.15, -0.1) is 0 Å². The van der Waals surface area contributed by atoms with Crippen molar-refractivity contribution in [2.24, 2.45) is 7.05 Å². The van der Waals surface area contributed by atoms with E-state index in [2.05, 4.69) is 20.4 Å². The molecule has 22 heavy (non-hydrogen) atoms. The number of carbonyl (C=O) groups is 1. The minimum Gasteiger partial charge on any atom is -0.349 e. The molecule has 0 aliphatic heterocycles. The lowest BCUT2D eigenvalue weighted by Gasteiger charge is -2.02. The van der Waals surface area contributed by atoms with Crippen LogP contribution in [0.4, 0.5) is 0 Å². The molecule has 1 aromatic carbocycles. The lowest BCUT2D eigenvalue weighted by molar-refractivity contribution is -0.121. The summed E-state index contributed by atoms with van der Waals surface area (Å²) in [5.41, 5.74) is 2.76. The van der Waals surface area contributed by atoms with E-state index in [0.29, 0.717) is 30.2 Å². The van der Waals surface area contributed by atoms with Gasteiger partial charge in [0.1, 0.15) is 5.82 Å². The Morgan fingerprint density at radius 2 is 2.32 bits per heavy atom. The number of rotatable bonds is 5. The second-order valence-corrected chi connectivity index (χ2v) is 5.58. The number of aromatic amines is 1. The lowest BCUT2D eigenvalue weighted by atomic mass is 10.2. The average molecular weight is 318 g/mol. The van der Waals surface area contributed by atoms with Crippen LogP contribution in [0.3, 0.4) is 0 Å². The van der Waals surface area contributed by atoms with E-state index in [1.807, 2.05) is 25.4 Å². The van der Waals surface area contributed by atoms with Crippen molar-refractivity contribution in [1.82, 2.24) is 25.1 Å². The maximum atomic E-state index is 11.9. The number of aryl methyl sites for hydroxylation is 2. The van der Waals surface area contributed by atoms with Crippen LogP contribution in [0.1, 0.15) is 17.8 Å². The largest absolute Gasteiger partial charge is 0.349 e. The van der Waals surface area contributed by atoms with Gasteiger partial charge in [0, 0.05) is 24.7 Å². The highest BCUT2D eigenvalue weighted by atomic mass is 35.5. The van der Waals surface area contributed by atoms with Crippen LogP contribution in [-0.2, 0) is 24.8 Å². The second kappa shape index (κ2) is 6.19. The highest BCUT2D eigenvalue weighted by molar-refractivity contribution is 6.31. The van der Waals surface area contributed by atoms with Gasteiger partial charge in [-0.3, -0.25) is 9.48 Å². The molecule has 0 radical (unpaired) electrons. The Morgan fingerprint density at radius 1 is 1.45 bits per heavy atom. The van der Waals surface area contributed by atoms with Crippen LogP contribution in [0.25, 0.3) is 11.0 Å². The first-order valence-electron chi connectivity index (χ1n) is 6.98. The molecule has 0 spiro atoms. The molecule has 3 aromatic rings. The number of carbonyl (C=O) groups excluding carboxylic acids is 1. The van der Waals surface area contributed by atoms with E-state index in [0.717, 1.165) is 16.6 Å². The number of nitrogens with zero attached hydrogens (tertiary/aromatic N) is 3. The van der Waals surface area contributed by atoms with Crippen molar-refractivity contribution >= 4 is 28.5 Å². The summed E-state index contributed by atoms with van der Waals surface area (Å²) in [7, 11) is 1.86. The van der Waals surface area contributed by atoms with E-state index < -0.39 is 0 Å². The van der Waals surface area contributed by atoms with Crippen molar-refractivity contribution in [2.45, 2.75) is 19.4 Å². The monoisotopic (exact) mass is 317 g/mol. The molecule has 0 atom stereocenters. The molecule has 1 amide bonds. The molecule has 0 aliphatic rings. The standard InChI is InChI=1S/C15H16ClN5O/c1-21-9-10(7-18-21)2-5-15(22)17-8-14-19-12-4-3-11(16)6-13(12)20-14/h3-4,6-7,9H,2,5,8H2,1H3,(H,17,22)(H,19,20). The zero-order chi connectivity index (χ0) is 15.5. The maximum Gasteiger partial charge on any atom is 0.220 e. The number of benzene rings is 1. The van der Waals surface area contributed by atoms with E-state index in [-0.39, 0.29) is 5.91 Å².